The summed E-state index contributed by atoms with van der Waals surface area (Å²) in [4.78, 5) is 27.4. The number of fused-ring (bicyclic) bond motifs is 1. The topological polar surface area (TPSA) is 58.6 Å². The van der Waals surface area contributed by atoms with Crippen molar-refractivity contribution in [2.45, 2.75) is 31.2 Å². The number of methoxy groups -OCH3 is 1. The number of hydrogen-bond donors (Lipinski definition) is 1. The lowest BCUT2D eigenvalue weighted by Gasteiger charge is -2.32. The van der Waals surface area contributed by atoms with Crippen LogP contribution in [0.2, 0.25) is 0 Å². The number of likely N-dealkylation sites (tertiary alicyclic amines) is 1. The molecule has 2 aromatic rings. The molecule has 0 spiro atoms. The van der Waals surface area contributed by atoms with Gasteiger partial charge in [0.15, 0.2) is 0 Å². The Kier molecular flexibility index (Phi) is 4.37. The van der Waals surface area contributed by atoms with Gasteiger partial charge in [0.2, 0.25) is 11.8 Å². The van der Waals surface area contributed by atoms with Crippen LogP contribution in [0.25, 0.3) is 0 Å². The highest BCUT2D eigenvalue weighted by atomic mass is 16.5. The largest absolute Gasteiger partial charge is 0.497 e. The van der Waals surface area contributed by atoms with Crippen molar-refractivity contribution >= 4 is 17.5 Å². The second-order valence-corrected chi connectivity index (χ2v) is 6.86. The molecule has 1 saturated heterocycles. The van der Waals surface area contributed by atoms with Crippen LogP contribution in [0.15, 0.2) is 48.5 Å². The normalized spacial score (nSPS) is 21.9. The van der Waals surface area contributed by atoms with E-state index in [0.717, 1.165) is 42.0 Å². The van der Waals surface area contributed by atoms with Crippen LogP contribution in [-0.4, -0.2) is 30.4 Å². The third kappa shape index (κ3) is 2.94. The van der Waals surface area contributed by atoms with Gasteiger partial charge in [-0.25, -0.2) is 0 Å². The second kappa shape index (κ2) is 6.83. The van der Waals surface area contributed by atoms with Crippen molar-refractivity contribution in [2.24, 2.45) is 0 Å². The van der Waals surface area contributed by atoms with E-state index >= 15 is 0 Å². The molecule has 2 aromatic carbocycles. The van der Waals surface area contributed by atoms with Gasteiger partial charge in [0.05, 0.1) is 19.1 Å². The van der Waals surface area contributed by atoms with E-state index in [0.29, 0.717) is 0 Å². The summed E-state index contributed by atoms with van der Waals surface area (Å²) in [6, 6.07) is 15.5. The third-order valence-electron chi connectivity index (χ3n) is 5.31. The minimum Gasteiger partial charge on any atom is -0.497 e. The minimum absolute atomic E-state index is 0.0368. The molecular formula is C21H22N2O3. The van der Waals surface area contributed by atoms with Crippen molar-refractivity contribution in [1.29, 1.82) is 0 Å². The Morgan fingerprint density at radius 1 is 1.19 bits per heavy atom. The zero-order valence-electron chi connectivity index (χ0n) is 14.8. The van der Waals surface area contributed by atoms with E-state index in [1.54, 1.807) is 7.11 Å². The first-order valence-electron chi connectivity index (χ1n) is 9.00. The molecule has 26 heavy (non-hydrogen) atoms. The molecule has 2 aliphatic heterocycles. The summed E-state index contributed by atoms with van der Waals surface area (Å²) >= 11 is 0. The first-order valence-corrected chi connectivity index (χ1v) is 9.00. The fraction of sp³-hybridized carbons (Fsp3) is 0.333. The van der Waals surface area contributed by atoms with Crippen LogP contribution >= 0.6 is 0 Å². The smallest absolute Gasteiger partial charge is 0.231 e. The molecule has 0 aliphatic carbocycles. The maximum Gasteiger partial charge on any atom is 0.231 e. The molecule has 2 unspecified atom stereocenters. The van der Waals surface area contributed by atoms with Crippen molar-refractivity contribution in [1.82, 2.24) is 4.90 Å². The lowest BCUT2D eigenvalue weighted by molar-refractivity contribution is -0.135. The Morgan fingerprint density at radius 3 is 2.88 bits per heavy atom. The number of nitrogens with zero attached hydrogens (tertiary/aromatic N) is 1. The number of benzene rings is 2. The zero-order valence-corrected chi connectivity index (χ0v) is 14.8. The predicted octanol–water partition coefficient (Wildman–Crippen LogP) is 3.48. The van der Waals surface area contributed by atoms with E-state index in [9.17, 15) is 9.59 Å². The van der Waals surface area contributed by atoms with Gasteiger partial charge in [-0.05, 0) is 42.2 Å². The van der Waals surface area contributed by atoms with Crippen molar-refractivity contribution in [3.05, 3.63) is 59.7 Å². The van der Waals surface area contributed by atoms with E-state index in [1.807, 2.05) is 53.4 Å². The monoisotopic (exact) mass is 350 g/mol. The number of rotatable bonds is 3. The van der Waals surface area contributed by atoms with E-state index in [1.165, 1.54) is 0 Å². The predicted molar refractivity (Wildman–Crippen MR) is 99.1 cm³/mol. The van der Waals surface area contributed by atoms with Gasteiger partial charge < -0.3 is 15.0 Å². The SMILES string of the molecule is COc1cccc(C2CCCN2C(=O)C2CC(=O)Nc3ccccc32)c1. The molecule has 5 nitrogen and oxygen atoms in total. The van der Waals surface area contributed by atoms with Crippen LogP contribution < -0.4 is 10.1 Å². The Bertz CT molecular complexity index is 849. The number of hydrogen-bond acceptors (Lipinski definition) is 3. The van der Waals surface area contributed by atoms with Crippen molar-refractivity contribution in [2.75, 3.05) is 19.0 Å². The molecule has 2 heterocycles. The molecule has 0 saturated carbocycles. The molecule has 1 fully saturated rings. The highest BCUT2D eigenvalue weighted by Crippen LogP contribution is 2.39. The fourth-order valence-corrected chi connectivity index (χ4v) is 4.06. The van der Waals surface area contributed by atoms with Gasteiger partial charge in [0, 0.05) is 18.7 Å². The summed E-state index contributed by atoms with van der Waals surface area (Å²) in [6.45, 7) is 0.723. The molecule has 0 bridgehead atoms. The molecule has 0 radical (unpaired) electrons. The lowest BCUT2D eigenvalue weighted by Crippen LogP contribution is -2.38. The van der Waals surface area contributed by atoms with E-state index in [2.05, 4.69) is 5.32 Å². The summed E-state index contributed by atoms with van der Waals surface area (Å²) in [5.41, 5.74) is 2.75. The summed E-state index contributed by atoms with van der Waals surface area (Å²) < 4.78 is 5.33. The Balaban J connectivity index is 1.64. The lowest BCUT2D eigenvalue weighted by atomic mass is 9.89. The molecule has 2 aliphatic rings. The molecular weight excluding hydrogens is 328 g/mol. The maximum atomic E-state index is 13.4. The Hall–Kier alpha value is -2.82. The third-order valence-corrected chi connectivity index (χ3v) is 5.31. The van der Waals surface area contributed by atoms with Gasteiger partial charge in [-0.15, -0.1) is 0 Å². The van der Waals surface area contributed by atoms with Gasteiger partial charge >= 0.3 is 0 Å². The number of nitrogens with one attached hydrogen (secondary N) is 1. The highest BCUT2D eigenvalue weighted by Gasteiger charge is 2.38. The number of carbonyl (C=O) groups is 2. The molecule has 134 valence electrons. The van der Waals surface area contributed by atoms with E-state index < -0.39 is 5.92 Å². The Morgan fingerprint density at radius 2 is 2.04 bits per heavy atom. The van der Waals surface area contributed by atoms with Crippen molar-refractivity contribution in [3.63, 3.8) is 0 Å². The average molecular weight is 350 g/mol. The number of carbonyl (C=O) groups excluding carboxylic acids is 2. The number of para-hydroxylation sites is 1. The summed E-state index contributed by atoms with van der Waals surface area (Å²) in [7, 11) is 1.65. The molecule has 4 rings (SSSR count). The van der Waals surface area contributed by atoms with Crippen molar-refractivity contribution in [3.8, 4) is 5.75 Å². The first-order chi connectivity index (χ1) is 12.7. The number of amides is 2. The van der Waals surface area contributed by atoms with Crippen LogP contribution in [0, 0.1) is 0 Å². The standard InChI is InChI=1S/C21H22N2O3/c1-26-15-7-4-6-14(12-15)19-10-5-11-23(19)21(25)17-13-20(24)22-18-9-3-2-8-16(17)18/h2-4,6-9,12,17,19H,5,10-11,13H2,1H3,(H,22,24). The number of anilines is 1. The number of ether oxygens (including phenoxy) is 1. The van der Waals surface area contributed by atoms with Gasteiger partial charge in [-0.2, -0.15) is 0 Å². The van der Waals surface area contributed by atoms with Gasteiger partial charge in [0.25, 0.3) is 0 Å². The minimum atomic E-state index is -0.411. The van der Waals surface area contributed by atoms with Crippen LogP contribution in [0.3, 0.4) is 0 Å². The molecule has 5 heteroatoms. The molecule has 0 aromatic heterocycles. The highest BCUT2D eigenvalue weighted by molar-refractivity contribution is 6.01. The summed E-state index contributed by atoms with van der Waals surface area (Å²) in [5.74, 6) is 0.326. The maximum absolute atomic E-state index is 13.4. The fourth-order valence-electron chi connectivity index (χ4n) is 4.06. The van der Waals surface area contributed by atoms with E-state index in [-0.39, 0.29) is 24.3 Å². The van der Waals surface area contributed by atoms with Crippen LogP contribution in [-0.2, 0) is 9.59 Å². The molecule has 2 atom stereocenters. The van der Waals surface area contributed by atoms with Crippen LogP contribution in [0.4, 0.5) is 5.69 Å². The average Bonchev–Trinajstić information content (AvgIpc) is 3.16. The van der Waals surface area contributed by atoms with E-state index in [4.69, 9.17) is 4.74 Å². The first kappa shape index (κ1) is 16.6. The quantitative estimate of drug-likeness (QED) is 0.922. The van der Waals surface area contributed by atoms with Gasteiger partial charge in [-0.1, -0.05) is 30.3 Å². The van der Waals surface area contributed by atoms with Crippen LogP contribution in [0.1, 0.15) is 42.3 Å². The molecule has 1 N–H and O–H groups in total. The van der Waals surface area contributed by atoms with Gasteiger partial charge in [-0.3, -0.25) is 9.59 Å². The Labute approximate surface area is 153 Å². The molecule has 2 amide bonds. The van der Waals surface area contributed by atoms with Gasteiger partial charge in [0.1, 0.15) is 5.75 Å². The van der Waals surface area contributed by atoms with Crippen molar-refractivity contribution < 1.29 is 14.3 Å². The zero-order chi connectivity index (χ0) is 18.1. The summed E-state index contributed by atoms with van der Waals surface area (Å²) in [5, 5.41) is 2.87. The second-order valence-electron chi connectivity index (χ2n) is 6.86. The summed E-state index contributed by atoms with van der Waals surface area (Å²) in [6.07, 6.45) is 2.10. The van der Waals surface area contributed by atoms with Crippen LogP contribution in [0.5, 0.6) is 5.75 Å².